The van der Waals surface area contributed by atoms with Crippen molar-refractivity contribution in [2.75, 3.05) is 19.6 Å². The normalized spacial score (nSPS) is 18.9. The van der Waals surface area contributed by atoms with Crippen molar-refractivity contribution in [1.29, 1.82) is 0 Å². The Hall–Kier alpha value is -1.42. The van der Waals surface area contributed by atoms with Crippen LogP contribution in [0.2, 0.25) is 0 Å². The molecule has 0 bridgehead atoms. The Labute approximate surface area is 107 Å². The van der Waals surface area contributed by atoms with Crippen LogP contribution in [-0.4, -0.2) is 36.5 Å². The van der Waals surface area contributed by atoms with Crippen LogP contribution in [-0.2, 0) is 0 Å². The molecule has 1 N–H and O–H groups in total. The van der Waals surface area contributed by atoms with Crippen molar-refractivity contribution in [3.05, 3.63) is 35.6 Å². The number of hydrogen-bond acceptors (Lipinski definition) is 2. The third kappa shape index (κ3) is 2.88. The van der Waals surface area contributed by atoms with Crippen molar-refractivity contribution in [2.45, 2.75) is 25.8 Å². The second kappa shape index (κ2) is 5.96. The van der Waals surface area contributed by atoms with E-state index in [2.05, 4.69) is 5.32 Å². The quantitative estimate of drug-likeness (QED) is 0.887. The Balaban J connectivity index is 2.07. The van der Waals surface area contributed by atoms with Crippen LogP contribution in [0, 0.1) is 5.82 Å². The lowest BCUT2D eigenvalue weighted by Gasteiger charge is -2.24. The number of nitrogens with one attached hydrogen (secondary N) is 1. The maximum Gasteiger partial charge on any atom is 0.256 e. The summed E-state index contributed by atoms with van der Waals surface area (Å²) < 4.78 is 13.6. The van der Waals surface area contributed by atoms with Gasteiger partial charge in [0.25, 0.3) is 5.91 Å². The largest absolute Gasteiger partial charge is 0.337 e. The smallest absolute Gasteiger partial charge is 0.256 e. The maximum absolute atomic E-state index is 13.6. The third-order valence-electron chi connectivity index (χ3n) is 3.38. The summed E-state index contributed by atoms with van der Waals surface area (Å²) >= 11 is 0. The molecule has 1 saturated heterocycles. The van der Waals surface area contributed by atoms with Crippen LogP contribution in [0.15, 0.2) is 24.3 Å². The summed E-state index contributed by atoms with van der Waals surface area (Å²) in [6.07, 6.45) is 2.23. The van der Waals surface area contributed by atoms with Gasteiger partial charge in [-0.3, -0.25) is 4.79 Å². The summed E-state index contributed by atoms with van der Waals surface area (Å²) in [4.78, 5) is 14.0. The van der Waals surface area contributed by atoms with Gasteiger partial charge in [0.05, 0.1) is 5.56 Å². The summed E-state index contributed by atoms with van der Waals surface area (Å²) in [5, 5.41) is 3.35. The van der Waals surface area contributed by atoms with Crippen LogP contribution in [0.25, 0.3) is 0 Å². The van der Waals surface area contributed by atoms with Gasteiger partial charge in [-0.25, -0.2) is 4.39 Å². The Morgan fingerprint density at radius 3 is 2.89 bits per heavy atom. The highest BCUT2D eigenvalue weighted by atomic mass is 19.1. The Kier molecular flexibility index (Phi) is 4.31. The fourth-order valence-electron chi connectivity index (χ4n) is 2.34. The average molecular weight is 250 g/mol. The molecule has 98 valence electrons. The van der Waals surface area contributed by atoms with Crippen molar-refractivity contribution < 1.29 is 9.18 Å². The van der Waals surface area contributed by atoms with Gasteiger partial charge in [0.2, 0.25) is 0 Å². The lowest BCUT2D eigenvalue weighted by molar-refractivity contribution is 0.0746. The minimum absolute atomic E-state index is 0.164. The first-order valence-electron chi connectivity index (χ1n) is 6.49. The highest BCUT2D eigenvalue weighted by Crippen LogP contribution is 2.13. The predicted octanol–water partition coefficient (Wildman–Crippen LogP) is 2.04. The molecule has 3 nitrogen and oxygen atoms in total. The van der Waals surface area contributed by atoms with Crippen molar-refractivity contribution in [1.82, 2.24) is 10.2 Å². The zero-order valence-corrected chi connectivity index (χ0v) is 10.7. The summed E-state index contributed by atoms with van der Waals surface area (Å²) in [6, 6.07) is 6.51. The van der Waals surface area contributed by atoms with Gasteiger partial charge in [-0.15, -0.1) is 0 Å². The molecule has 1 aromatic rings. The van der Waals surface area contributed by atoms with Crippen LogP contribution in [0.4, 0.5) is 4.39 Å². The highest BCUT2D eigenvalue weighted by molar-refractivity contribution is 5.94. The lowest BCUT2D eigenvalue weighted by atomic mass is 10.1. The van der Waals surface area contributed by atoms with E-state index in [0.717, 1.165) is 19.4 Å². The van der Waals surface area contributed by atoms with Crippen molar-refractivity contribution >= 4 is 5.91 Å². The number of benzene rings is 1. The molecule has 0 spiro atoms. The number of amides is 1. The molecule has 0 saturated carbocycles. The molecule has 1 aromatic carbocycles. The third-order valence-corrected chi connectivity index (χ3v) is 3.38. The molecule has 0 aliphatic carbocycles. The molecule has 1 aliphatic heterocycles. The van der Waals surface area contributed by atoms with Gasteiger partial charge in [0, 0.05) is 19.1 Å². The van der Waals surface area contributed by atoms with Crippen LogP contribution < -0.4 is 5.32 Å². The monoisotopic (exact) mass is 250 g/mol. The second-order valence-corrected chi connectivity index (χ2v) is 4.62. The molecule has 1 heterocycles. The van der Waals surface area contributed by atoms with Gasteiger partial charge >= 0.3 is 0 Å². The van der Waals surface area contributed by atoms with E-state index >= 15 is 0 Å². The van der Waals surface area contributed by atoms with Gasteiger partial charge in [0.15, 0.2) is 0 Å². The number of carbonyl (C=O) groups excluding carboxylic acids is 1. The van der Waals surface area contributed by atoms with E-state index in [1.165, 1.54) is 6.07 Å². The number of hydrogen-bond donors (Lipinski definition) is 1. The highest BCUT2D eigenvalue weighted by Gasteiger charge is 2.22. The van der Waals surface area contributed by atoms with Crippen molar-refractivity contribution in [3.63, 3.8) is 0 Å². The number of likely N-dealkylation sites (N-methyl/N-ethyl adjacent to an activating group) is 1. The van der Waals surface area contributed by atoms with Crippen molar-refractivity contribution in [2.24, 2.45) is 0 Å². The summed E-state index contributed by atoms with van der Waals surface area (Å²) in [6.45, 7) is 4.19. The van der Waals surface area contributed by atoms with Crippen LogP contribution in [0.5, 0.6) is 0 Å². The summed E-state index contributed by atoms with van der Waals surface area (Å²) in [7, 11) is 0. The molecule has 18 heavy (non-hydrogen) atoms. The van der Waals surface area contributed by atoms with Crippen LogP contribution >= 0.6 is 0 Å². The first-order chi connectivity index (χ1) is 8.72. The molecule has 1 fully saturated rings. The van der Waals surface area contributed by atoms with E-state index in [-0.39, 0.29) is 11.5 Å². The summed E-state index contributed by atoms with van der Waals surface area (Å²) in [5.41, 5.74) is 0.164. The topological polar surface area (TPSA) is 32.3 Å². The zero-order valence-electron chi connectivity index (χ0n) is 10.7. The zero-order chi connectivity index (χ0) is 13.0. The standard InChI is InChI=1S/C14H19FN2O/c1-2-17(10-11-6-5-9-16-11)14(18)12-7-3-4-8-13(12)15/h3-4,7-8,11,16H,2,5-6,9-10H2,1H3. The molecule has 1 atom stereocenters. The Bertz CT molecular complexity index is 416. The fourth-order valence-corrected chi connectivity index (χ4v) is 2.34. The fraction of sp³-hybridized carbons (Fsp3) is 0.500. The summed E-state index contributed by atoms with van der Waals surface area (Å²) in [5.74, 6) is -0.662. The molecule has 1 amide bonds. The second-order valence-electron chi connectivity index (χ2n) is 4.62. The predicted molar refractivity (Wildman–Crippen MR) is 69.0 cm³/mol. The molecule has 2 rings (SSSR count). The molecule has 4 heteroatoms. The molecule has 0 aromatic heterocycles. The minimum atomic E-state index is -0.444. The average Bonchev–Trinajstić information content (AvgIpc) is 2.88. The van der Waals surface area contributed by atoms with Gasteiger partial charge in [-0.05, 0) is 38.4 Å². The molecule has 1 unspecified atom stereocenters. The van der Waals surface area contributed by atoms with E-state index in [1.54, 1.807) is 23.1 Å². The number of rotatable bonds is 4. The van der Waals surface area contributed by atoms with Crippen LogP contribution in [0.1, 0.15) is 30.1 Å². The molecular weight excluding hydrogens is 231 g/mol. The Morgan fingerprint density at radius 2 is 2.28 bits per heavy atom. The van der Waals surface area contributed by atoms with Gasteiger partial charge in [-0.2, -0.15) is 0 Å². The number of halogens is 1. The minimum Gasteiger partial charge on any atom is -0.337 e. The molecule has 0 radical (unpaired) electrons. The van der Waals surface area contributed by atoms with E-state index < -0.39 is 5.82 Å². The number of carbonyl (C=O) groups is 1. The van der Waals surface area contributed by atoms with E-state index in [4.69, 9.17) is 0 Å². The number of nitrogens with zero attached hydrogens (tertiary/aromatic N) is 1. The first kappa shape index (κ1) is 13.0. The van der Waals surface area contributed by atoms with Crippen LogP contribution in [0.3, 0.4) is 0 Å². The van der Waals surface area contributed by atoms with E-state index in [9.17, 15) is 9.18 Å². The molecule has 1 aliphatic rings. The van der Waals surface area contributed by atoms with E-state index in [1.807, 2.05) is 6.92 Å². The van der Waals surface area contributed by atoms with Gasteiger partial charge < -0.3 is 10.2 Å². The maximum atomic E-state index is 13.6. The van der Waals surface area contributed by atoms with Gasteiger partial charge in [0.1, 0.15) is 5.82 Å². The SMILES string of the molecule is CCN(CC1CCCN1)C(=O)c1ccccc1F. The van der Waals surface area contributed by atoms with Crippen molar-refractivity contribution in [3.8, 4) is 0 Å². The Morgan fingerprint density at radius 1 is 1.50 bits per heavy atom. The first-order valence-corrected chi connectivity index (χ1v) is 6.49. The molecular formula is C14H19FN2O. The van der Waals surface area contributed by atoms with Gasteiger partial charge in [-0.1, -0.05) is 12.1 Å². The lowest BCUT2D eigenvalue weighted by Crippen LogP contribution is -2.41. The van der Waals surface area contributed by atoms with E-state index in [0.29, 0.717) is 19.1 Å².